The summed E-state index contributed by atoms with van der Waals surface area (Å²) in [5.74, 6) is 6.78. The van der Waals surface area contributed by atoms with Crippen LogP contribution in [0.15, 0.2) is 12.3 Å². The molecule has 2 unspecified atom stereocenters. The summed E-state index contributed by atoms with van der Waals surface area (Å²) in [4.78, 5) is 0. The van der Waals surface area contributed by atoms with E-state index in [1.54, 1.807) is 0 Å². The van der Waals surface area contributed by atoms with Crippen molar-refractivity contribution < 1.29 is 0 Å². The van der Waals surface area contributed by atoms with Crippen molar-refractivity contribution in [3.63, 3.8) is 0 Å². The van der Waals surface area contributed by atoms with E-state index in [4.69, 9.17) is 5.84 Å². The molecule has 1 saturated carbocycles. The molecule has 1 fully saturated rings. The summed E-state index contributed by atoms with van der Waals surface area (Å²) in [5, 5.41) is 5.51. The van der Waals surface area contributed by atoms with Crippen LogP contribution in [0.4, 0.5) is 0 Å². The van der Waals surface area contributed by atoms with Gasteiger partial charge in [0.15, 0.2) is 0 Å². The highest BCUT2D eigenvalue weighted by molar-refractivity contribution is 7.99. The van der Waals surface area contributed by atoms with Gasteiger partial charge in [-0.3, -0.25) is 16.0 Å². The summed E-state index contributed by atoms with van der Waals surface area (Å²) >= 11 is 2.08. The Bertz CT molecular complexity index is 387. The van der Waals surface area contributed by atoms with Crippen molar-refractivity contribution in [2.45, 2.75) is 69.7 Å². The second-order valence-corrected chi connectivity index (χ2v) is 7.19. The van der Waals surface area contributed by atoms with E-state index in [2.05, 4.69) is 53.1 Å². The minimum absolute atomic E-state index is 0.320. The highest BCUT2D eigenvalue weighted by atomic mass is 32.2. The predicted octanol–water partition coefficient (Wildman–Crippen LogP) is 2.90. The van der Waals surface area contributed by atoms with Crippen molar-refractivity contribution in [1.82, 2.24) is 15.2 Å². The molecule has 0 bridgehead atoms. The van der Waals surface area contributed by atoms with Crippen molar-refractivity contribution in [3.8, 4) is 0 Å². The average Bonchev–Trinajstić information content (AvgIpc) is 3.13. The van der Waals surface area contributed by atoms with Gasteiger partial charge < -0.3 is 0 Å². The third kappa shape index (κ3) is 4.50. The number of rotatable bonds is 8. The molecule has 4 nitrogen and oxygen atoms in total. The molecule has 0 aliphatic heterocycles. The maximum absolute atomic E-state index is 5.70. The standard InChI is InChI=1S/C15H28N4S/c1-3-12(2)19-9-8-13(18-19)10-14(17-16)11-20-15-6-4-5-7-15/h8-9,12,14-15,17H,3-7,10-11,16H2,1-2H3. The van der Waals surface area contributed by atoms with E-state index in [-0.39, 0.29) is 0 Å². The first-order valence-corrected chi connectivity index (χ1v) is 8.89. The summed E-state index contributed by atoms with van der Waals surface area (Å²) in [6.07, 6.45) is 9.67. The monoisotopic (exact) mass is 296 g/mol. The third-order valence-electron chi connectivity index (χ3n) is 4.23. The summed E-state index contributed by atoms with van der Waals surface area (Å²) in [6.45, 7) is 4.39. The molecule has 1 aromatic heterocycles. The van der Waals surface area contributed by atoms with Gasteiger partial charge in [-0.2, -0.15) is 16.9 Å². The van der Waals surface area contributed by atoms with Crippen LogP contribution in [0.25, 0.3) is 0 Å². The van der Waals surface area contributed by atoms with Crippen LogP contribution in [0.2, 0.25) is 0 Å². The summed E-state index contributed by atoms with van der Waals surface area (Å²) < 4.78 is 2.06. The molecule has 0 amide bonds. The minimum atomic E-state index is 0.320. The van der Waals surface area contributed by atoms with E-state index in [0.717, 1.165) is 29.5 Å². The quantitative estimate of drug-likeness (QED) is 0.572. The van der Waals surface area contributed by atoms with Crippen LogP contribution in [-0.2, 0) is 6.42 Å². The van der Waals surface area contributed by atoms with Crippen molar-refractivity contribution in [1.29, 1.82) is 0 Å². The van der Waals surface area contributed by atoms with Gasteiger partial charge >= 0.3 is 0 Å². The van der Waals surface area contributed by atoms with E-state index in [0.29, 0.717) is 12.1 Å². The SMILES string of the molecule is CCC(C)n1ccc(CC(CSC2CCCC2)NN)n1. The molecule has 0 spiro atoms. The van der Waals surface area contributed by atoms with Gasteiger partial charge in [-0.25, -0.2) is 0 Å². The Morgan fingerprint density at radius 2 is 2.25 bits per heavy atom. The Kier molecular flexibility index (Phi) is 6.39. The van der Waals surface area contributed by atoms with Gasteiger partial charge in [0.2, 0.25) is 0 Å². The first-order chi connectivity index (χ1) is 9.72. The van der Waals surface area contributed by atoms with Gasteiger partial charge in [0.1, 0.15) is 0 Å². The Hall–Kier alpha value is -0.520. The smallest absolute Gasteiger partial charge is 0.0641 e. The van der Waals surface area contributed by atoms with Crippen LogP contribution in [0.5, 0.6) is 0 Å². The largest absolute Gasteiger partial charge is 0.271 e. The van der Waals surface area contributed by atoms with Gasteiger partial charge in [-0.1, -0.05) is 19.8 Å². The van der Waals surface area contributed by atoms with Crippen molar-refractivity contribution in [3.05, 3.63) is 18.0 Å². The van der Waals surface area contributed by atoms with Crippen LogP contribution in [0, 0.1) is 0 Å². The maximum atomic E-state index is 5.70. The van der Waals surface area contributed by atoms with E-state index >= 15 is 0 Å². The molecule has 0 radical (unpaired) electrons. The Morgan fingerprint density at radius 1 is 1.50 bits per heavy atom. The van der Waals surface area contributed by atoms with Crippen molar-refractivity contribution in [2.24, 2.45) is 5.84 Å². The van der Waals surface area contributed by atoms with Gasteiger partial charge in [-0.15, -0.1) is 0 Å². The second kappa shape index (κ2) is 8.05. The van der Waals surface area contributed by atoms with Gasteiger partial charge in [0.05, 0.1) is 5.69 Å². The average molecular weight is 296 g/mol. The van der Waals surface area contributed by atoms with Crippen molar-refractivity contribution in [2.75, 3.05) is 5.75 Å². The first-order valence-electron chi connectivity index (χ1n) is 7.84. The fourth-order valence-electron chi connectivity index (χ4n) is 2.64. The maximum Gasteiger partial charge on any atom is 0.0641 e. The van der Waals surface area contributed by atoms with Crippen LogP contribution in [0.3, 0.4) is 0 Å². The number of nitrogens with two attached hydrogens (primary N) is 1. The zero-order valence-corrected chi connectivity index (χ0v) is 13.5. The minimum Gasteiger partial charge on any atom is -0.271 e. The first kappa shape index (κ1) is 15.9. The number of thioether (sulfide) groups is 1. The number of aromatic nitrogens is 2. The molecular formula is C15H28N4S. The third-order valence-corrected chi connectivity index (χ3v) is 5.77. The lowest BCUT2D eigenvalue weighted by Crippen LogP contribution is -2.39. The molecule has 3 N–H and O–H groups in total. The van der Waals surface area contributed by atoms with E-state index in [1.807, 2.05) is 0 Å². The number of hydrazine groups is 1. The van der Waals surface area contributed by atoms with Crippen LogP contribution >= 0.6 is 11.8 Å². The predicted molar refractivity (Wildman–Crippen MR) is 86.8 cm³/mol. The summed E-state index contributed by atoms with van der Waals surface area (Å²) in [7, 11) is 0. The highest BCUT2D eigenvalue weighted by Crippen LogP contribution is 2.29. The molecule has 1 aromatic rings. The number of hydrogen-bond donors (Lipinski definition) is 2. The summed E-state index contributed by atoms with van der Waals surface area (Å²) in [6, 6.07) is 2.92. The molecule has 0 aromatic carbocycles. The van der Waals surface area contributed by atoms with Gasteiger partial charge in [0, 0.05) is 35.7 Å². The molecule has 5 heteroatoms. The number of hydrogen-bond acceptors (Lipinski definition) is 4. The molecule has 1 aliphatic carbocycles. The number of nitrogens with zero attached hydrogens (tertiary/aromatic N) is 2. The second-order valence-electron chi connectivity index (χ2n) is 5.85. The lowest BCUT2D eigenvalue weighted by Gasteiger charge is -2.17. The fourth-order valence-corrected chi connectivity index (χ4v) is 4.03. The van der Waals surface area contributed by atoms with Crippen molar-refractivity contribution >= 4 is 11.8 Å². The molecule has 0 saturated heterocycles. The molecule has 2 atom stereocenters. The zero-order chi connectivity index (χ0) is 14.4. The zero-order valence-electron chi connectivity index (χ0n) is 12.7. The molecule has 2 rings (SSSR count). The van der Waals surface area contributed by atoms with Crippen LogP contribution < -0.4 is 11.3 Å². The fraction of sp³-hybridized carbons (Fsp3) is 0.800. The molecular weight excluding hydrogens is 268 g/mol. The normalized spacial score (nSPS) is 19.4. The Morgan fingerprint density at radius 3 is 2.90 bits per heavy atom. The van der Waals surface area contributed by atoms with E-state index < -0.39 is 0 Å². The van der Waals surface area contributed by atoms with E-state index in [1.165, 1.54) is 25.7 Å². The molecule has 1 aliphatic rings. The lowest BCUT2D eigenvalue weighted by atomic mass is 10.2. The lowest BCUT2D eigenvalue weighted by molar-refractivity contribution is 0.469. The molecule has 1 heterocycles. The van der Waals surface area contributed by atoms with Gasteiger partial charge in [0.25, 0.3) is 0 Å². The van der Waals surface area contributed by atoms with Crippen LogP contribution in [-0.4, -0.2) is 26.8 Å². The topological polar surface area (TPSA) is 55.9 Å². The van der Waals surface area contributed by atoms with Crippen LogP contribution in [0.1, 0.15) is 57.7 Å². The Balaban J connectivity index is 1.80. The number of nitrogens with one attached hydrogen (secondary N) is 1. The highest BCUT2D eigenvalue weighted by Gasteiger charge is 2.18. The van der Waals surface area contributed by atoms with E-state index in [9.17, 15) is 0 Å². The van der Waals surface area contributed by atoms with Gasteiger partial charge in [-0.05, 0) is 32.3 Å². The summed E-state index contributed by atoms with van der Waals surface area (Å²) in [5.41, 5.74) is 4.10. The molecule has 20 heavy (non-hydrogen) atoms. The molecule has 114 valence electrons. The Labute approximate surface area is 126 Å².